The van der Waals surface area contributed by atoms with Gasteiger partial charge >= 0.3 is 0 Å². The highest BCUT2D eigenvalue weighted by Gasteiger charge is 2.36. The zero-order valence-corrected chi connectivity index (χ0v) is 14.4. The first-order valence-corrected chi connectivity index (χ1v) is 9.08. The molecule has 2 aromatic rings. The Labute approximate surface area is 148 Å². The van der Waals surface area contributed by atoms with Gasteiger partial charge in [0.15, 0.2) is 0 Å². The van der Waals surface area contributed by atoms with E-state index in [1.165, 1.54) is 11.1 Å². The number of ether oxygens (including phenoxy) is 2. The molecular weight excluding hydrogens is 314 g/mol. The van der Waals surface area contributed by atoms with Gasteiger partial charge in [-0.2, -0.15) is 0 Å². The zero-order chi connectivity index (χ0) is 17.1. The second-order valence-corrected chi connectivity index (χ2v) is 7.10. The van der Waals surface area contributed by atoms with E-state index in [1.54, 1.807) is 12.1 Å². The van der Waals surface area contributed by atoms with Gasteiger partial charge in [0.1, 0.15) is 11.5 Å². The van der Waals surface area contributed by atoms with Crippen LogP contribution in [0.3, 0.4) is 0 Å². The fourth-order valence-electron chi connectivity index (χ4n) is 3.79. The van der Waals surface area contributed by atoms with Gasteiger partial charge in [-0.05, 0) is 48.2 Å². The fraction of sp³-hybridized carbons (Fsp3) is 0.429. The SMILES string of the molecule is Oc1ccc(C2(c3ccc(OCC4CNC4)cc3)CCOCC2)cc1. The second-order valence-electron chi connectivity index (χ2n) is 7.10. The largest absolute Gasteiger partial charge is 0.508 e. The molecule has 0 atom stereocenters. The lowest BCUT2D eigenvalue weighted by molar-refractivity contribution is 0.0631. The Balaban J connectivity index is 1.57. The molecule has 4 heteroatoms. The highest BCUT2D eigenvalue weighted by Crippen LogP contribution is 2.42. The van der Waals surface area contributed by atoms with Crippen molar-refractivity contribution in [1.82, 2.24) is 5.32 Å². The third-order valence-electron chi connectivity index (χ3n) is 5.52. The molecule has 0 saturated carbocycles. The van der Waals surface area contributed by atoms with E-state index in [9.17, 15) is 5.11 Å². The average molecular weight is 339 g/mol. The summed E-state index contributed by atoms with van der Waals surface area (Å²) < 4.78 is 11.5. The lowest BCUT2D eigenvalue weighted by atomic mass is 9.69. The highest BCUT2D eigenvalue weighted by molar-refractivity contribution is 5.43. The van der Waals surface area contributed by atoms with E-state index in [0.29, 0.717) is 11.7 Å². The van der Waals surface area contributed by atoms with Gasteiger partial charge in [-0.3, -0.25) is 0 Å². The maximum absolute atomic E-state index is 9.63. The molecule has 0 aliphatic carbocycles. The van der Waals surface area contributed by atoms with Crippen molar-refractivity contribution in [1.29, 1.82) is 0 Å². The molecule has 4 nitrogen and oxygen atoms in total. The maximum Gasteiger partial charge on any atom is 0.119 e. The first-order valence-electron chi connectivity index (χ1n) is 9.08. The van der Waals surface area contributed by atoms with Gasteiger partial charge in [0.05, 0.1) is 6.61 Å². The third kappa shape index (κ3) is 3.37. The molecule has 2 saturated heterocycles. The van der Waals surface area contributed by atoms with Crippen molar-refractivity contribution in [2.75, 3.05) is 32.9 Å². The van der Waals surface area contributed by atoms with Crippen LogP contribution in [0.4, 0.5) is 0 Å². The maximum atomic E-state index is 9.63. The van der Waals surface area contributed by atoms with E-state index in [-0.39, 0.29) is 5.41 Å². The molecule has 2 heterocycles. The molecule has 0 unspecified atom stereocenters. The summed E-state index contributed by atoms with van der Waals surface area (Å²) in [5.41, 5.74) is 2.48. The minimum Gasteiger partial charge on any atom is -0.508 e. The van der Waals surface area contributed by atoms with Crippen LogP contribution in [0.1, 0.15) is 24.0 Å². The van der Waals surface area contributed by atoms with Gasteiger partial charge in [-0.25, -0.2) is 0 Å². The number of rotatable bonds is 5. The summed E-state index contributed by atoms with van der Waals surface area (Å²) in [5, 5.41) is 12.9. The van der Waals surface area contributed by atoms with Crippen molar-refractivity contribution in [2.24, 2.45) is 5.92 Å². The van der Waals surface area contributed by atoms with E-state index < -0.39 is 0 Å². The predicted octanol–water partition coefficient (Wildman–Crippen LogP) is 3.09. The number of phenols is 1. The van der Waals surface area contributed by atoms with Crippen LogP contribution in [-0.4, -0.2) is 38.0 Å². The Kier molecular flexibility index (Phi) is 4.64. The summed E-state index contributed by atoms with van der Waals surface area (Å²) in [5.74, 6) is 1.88. The van der Waals surface area contributed by atoms with Crippen molar-refractivity contribution in [3.8, 4) is 11.5 Å². The smallest absolute Gasteiger partial charge is 0.119 e. The van der Waals surface area contributed by atoms with E-state index in [2.05, 4.69) is 29.6 Å². The highest BCUT2D eigenvalue weighted by atomic mass is 16.5. The Bertz CT molecular complexity index is 686. The van der Waals surface area contributed by atoms with E-state index in [0.717, 1.165) is 51.5 Å². The first-order chi connectivity index (χ1) is 12.3. The van der Waals surface area contributed by atoms with Crippen LogP contribution in [-0.2, 0) is 10.2 Å². The summed E-state index contributed by atoms with van der Waals surface area (Å²) in [6, 6.07) is 16.2. The number of hydrogen-bond acceptors (Lipinski definition) is 4. The van der Waals surface area contributed by atoms with Gasteiger partial charge < -0.3 is 19.9 Å². The van der Waals surface area contributed by atoms with Crippen LogP contribution in [0.2, 0.25) is 0 Å². The summed E-state index contributed by atoms with van der Waals surface area (Å²) in [6.45, 7) is 4.41. The molecular formula is C21H25NO3. The van der Waals surface area contributed by atoms with Crippen molar-refractivity contribution in [3.63, 3.8) is 0 Å². The molecule has 0 aromatic heterocycles. The molecule has 0 spiro atoms. The summed E-state index contributed by atoms with van der Waals surface area (Å²) in [7, 11) is 0. The van der Waals surface area contributed by atoms with Gasteiger partial charge in [0.25, 0.3) is 0 Å². The zero-order valence-electron chi connectivity index (χ0n) is 14.4. The lowest BCUT2D eigenvalue weighted by Gasteiger charge is -2.38. The average Bonchev–Trinajstić information content (AvgIpc) is 2.62. The topological polar surface area (TPSA) is 50.7 Å². The Morgan fingerprint density at radius 2 is 1.56 bits per heavy atom. The molecule has 2 aliphatic heterocycles. The number of aromatic hydroxyl groups is 1. The fourth-order valence-corrected chi connectivity index (χ4v) is 3.79. The van der Waals surface area contributed by atoms with Crippen molar-refractivity contribution in [2.45, 2.75) is 18.3 Å². The normalized spacial score (nSPS) is 20.0. The quantitative estimate of drug-likeness (QED) is 0.879. The van der Waals surface area contributed by atoms with Crippen molar-refractivity contribution < 1.29 is 14.6 Å². The van der Waals surface area contributed by atoms with Gasteiger partial charge in [0.2, 0.25) is 0 Å². The van der Waals surface area contributed by atoms with Gasteiger partial charge in [-0.1, -0.05) is 24.3 Å². The lowest BCUT2D eigenvalue weighted by Crippen LogP contribution is -2.45. The Morgan fingerprint density at radius 3 is 2.12 bits per heavy atom. The molecule has 132 valence electrons. The molecule has 0 amide bonds. The molecule has 0 radical (unpaired) electrons. The van der Waals surface area contributed by atoms with Gasteiger partial charge in [-0.15, -0.1) is 0 Å². The summed E-state index contributed by atoms with van der Waals surface area (Å²) in [6.07, 6.45) is 1.90. The third-order valence-corrected chi connectivity index (χ3v) is 5.52. The standard InChI is InChI=1S/C21H25NO3/c23-19-5-1-17(2-6-19)21(9-11-24-12-10-21)18-3-7-20(8-4-18)25-15-16-13-22-14-16/h1-8,16,22-23H,9-15H2. The van der Waals surface area contributed by atoms with E-state index >= 15 is 0 Å². The number of benzene rings is 2. The molecule has 0 bridgehead atoms. The van der Waals surface area contributed by atoms with E-state index in [4.69, 9.17) is 9.47 Å². The first kappa shape index (κ1) is 16.4. The second kappa shape index (κ2) is 7.06. The minimum absolute atomic E-state index is 0.0532. The molecule has 2 N–H and O–H groups in total. The molecule has 2 aromatic carbocycles. The van der Waals surface area contributed by atoms with Crippen LogP contribution < -0.4 is 10.1 Å². The van der Waals surface area contributed by atoms with Crippen molar-refractivity contribution in [3.05, 3.63) is 59.7 Å². The minimum atomic E-state index is -0.0532. The van der Waals surface area contributed by atoms with Gasteiger partial charge in [0, 0.05) is 37.6 Å². The number of hydrogen-bond donors (Lipinski definition) is 2. The predicted molar refractivity (Wildman–Crippen MR) is 97.2 cm³/mol. The monoisotopic (exact) mass is 339 g/mol. The van der Waals surface area contributed by atoms with Crippen molar-refractivity contribution >= 4 is 0 Å². The van der Waals surface area contributed by atoms with Crippen LogP contribution in [0.15, 0.2) is 48.5 Å². The molecule has 25 heavy (non-hydrogen) atoms. The molecule has 2 aliphatic rings. The summed E-state index contributed by atoms with van der Waals surface area (Å²) >= 11 is 0. The summed E-state index contributed by atoms with van der Waals surface area (Å²) in [4.78, 5) is 0. The Hall–Kier alpha value is -2.04. The Morgan fingerprint density at radius 1 is 0.960 bits per heavy atom. The van der Waals surface area contributed by atoms with Crippen LogP contribution in [0.5, 0.6) is 11.5 Å². The molecule has 4 rings (SSSR count). The van der Waals surface area contributed by atoms with Crippen LogP contribution in [0.25, 0.3) is 0 Å². The molecule has 2 fully saturated rings. The van der Waals surface area contributed by atoms with E-state index in [1.807, 2.05) is 12.1 Å². The number of phenolic OH excluding ortho intramolecular Hbond substituents is 1. The van der Waals surface area contributed by atoms with Crippen LogP contribution >= 0.6 is 0 Å². The van der Waals surface area contributed by atoms with Crippen LogP contribution in [0, 0.1) is 5.92 Å². The number of nitrogens with one attached hydrogen (secondary N) is 1.